The van der Waals surface area contributed by atoms with Crippen molar-refractivity contribution in [1.82, 2.24) is 4.98 Å². The SMILES string of the molecule is CC1(c2nc(-c3ccc(N4CCS(O)(O)CC4)cc3)c(C3CCCCC3(C(N)=O)C3(C#N)CC3)o2)CCOCC1. The molecule has 1 amide bonds. The third kappa shape index (κ3) is 4.51. The molecule has 6 rings (SSSR count). The minimum atomic E-state index is -2.47. The minimum Gasteiger partial charge on any atom is -0.444 e. The van der Waals surface area contributed by atoms with Gasteiger partial charge in [-0.25, -0.2) is 4.98 Å². The average Bonchev–Trinajstić information content (AvgIpc) is 3.64. The fourth-order valence-electron chi connectivity index (χ4n) is 7.30. The van der Waals surface area contributed by atoms with Crippen molar-refractivity contribution in [3.63, 3.8) is 0 Å². The van der Waals surface area contributed by atoms with Crippen molar-refractivity contribution in [2.24, 2.45) is 16.6 Å². The van der Waals surface area contributed by atoms with Crippen LogP contribution in [-0.2, 0) is 14.9 Å². The lowest BCUT2D eigenvalue weighted by molar-refractivity contribution is -0.135. The summed E-state index contributed by atoms with van der Waals surface area (Å²) >= 11 is 0. The second-order valence-corrected chi connectivity index (χ2v) is 14.9. The molecule has 4 aliphatic rings. The summed E-state index contributed by atoms with van der Waals surface area (Å²) in [6.45, 7) is 4.65. The van der Waals surface area contributed by atoms with Crippen LogP contribution in [0.1, 0.15) is 75.9 Å². The number of ether oxygens (including phenoxy) is 1. The van der Waals surface area contributed by atoms with Gasteiger partial charge in [0, 0.05) is 48.9 Å². The first-order valence-corrected chi connectivity index (χ1v) is 16.4. The van der Waals surface area contributed by atoms with Crippen LogP contribution in [0.25, 0.3) is 11.3 Å². The van der Waals surface area contributed by atoms with E-state index in [1.807, 2.05) is 24.3 Å². The van der Waals surface area contributed by atoms with Crippen molar-refractivity contribution in [3.8, 4) is 17.3 Å². The summed E-state index contributed by atoms with van der Waals surface area (Å²) in [7, 11) is -2.47. The molecule has 40 heavy (non-hydrogen) atoms. The van der Waals surface area contributed by atoms with Crippen molar-refractivity contribution in [2.45, 2.75) is 69.6 Å². The van der Waals surface area contributed by atoms with Gasteiger partial charge in [-0.05, 0) is 50.7 Å². The van der Waals surface area contributed by atoms with E-state index in [0.717, 1.165) is 49.0 Å². The van der Waals surface area contributed by atoms with Crippen molar-refractivity contribution in [2.75, 3.05) is 42.7 Å². The Morgan fingerprint density at radius 2 is 1.77 bits per heavy atom. The first kappa shape index (κ1) is 27.6. The molecular weight excluding hydrogens is 528 g/mol. The predicted molar refractivity (Wildman–Crippen MR) is 154 cm³/mol. The Morgan fingerprint density at radius 1 is 1.10 bits per heavy atom. The molecule has 4 fully saturated rings. The maximum absolute atomic E-state index is 13.3. The first-order chi connectivity index (χ1) is 19.1. The lowest BCUT2D eigenvalue weighted by Gasteiger charge is -2.44. The van der Waals surface area contributed by atoms with Crippen LogP contribution in [0.5, 0.6) is 0 Å². The summed E-state index contributed by atoms with van der Waals surface area (Å²) in [5, 5.41) is 10.3. The van der Waals surface area contributed by atoms with E-state index >= 15 is 0 Å². The van der Waals surface area contributed by atoms with Crippen LogP contribution in [0, 0.1) is 22.2 Å². The number of anilines is 1. The number of benzene rings is 1. The van der Waals surface area contributed by atoms with Gasteiger partial charge in [0.15, 0.2) is 0 Å². The Kier molecular flexibility index (Phi) is 6.93. The summed E-state index contributed by atoms with van der Waals surface area (Å²) in [5.41, 5.74) is 6.86. The number of carbonyl (C=O) groups is 1. The van der Waals surface area contributed by atoms with Gasteiger partial charge in [0.25, 0.3) is 0 Å². The van der Waals surface area contributed by atoms with Crippen LogP contribution in [0.3, 0.4) is 0 Å². The molecule has 2 aliphatic heterocycles. The minimum absolute atomic E-state index is 0.279. The van der Waals surface area contributed by atoms with Crippen LogP contribution in [0.4, 0.5) is 5.69 Å². The number of hydrogen-bond donors (Lipinski definition) is 3. The number of amides is 1. The van der Waals surface area contributed by atoms with Gasteiger partial charge < -0.3 is 19.8 Å². The molecule has 0 spiro atoms. The van der Waals surface area contributed by atoms with Crippen LogP contribution in [0.15, 0.2) is 28.7 Å². The second kappa shape index (κ2) is 10.1. The van der Waals surface area contributed by atoms with E-state index in [2.05, 4.69) is 17.9 Å². The maximum Gasteiger partial charge on any atom is 0.226 e. The van der Waals surface area contributed by atoms with Crippen LogP contribution in [0.2, 0.25) is 0 Å². The van der Waals surface area contributed by atoms with Crippen molar-refractivity contribution >= 4 is 22.2 Å². The Balaban J connectivity index is 1.42. The molecule has 2 aliphatic carbocycles. The zero-order valence-corrected chi connectivity index (χ0v) is 24.0. The number of carbonyl (C=O) groups excluding carboxylic acids is 1. The molecule has 0 radical (unpaired) electrons. The summed E-state index contributed by atoms with van der Waals surface area (Å²) in [5.74, 6) is 1.40. The van der Waals surface area contributed by atoms with E-state index in [1.54, 1.807) is 0 Å². The molecule has 2 atom stereocenters. The molecule has 10 heteroatoms. The number of nitrogens with zero attached hydrogens (tertiary/aromatic N) is 3. The average molecular weight is 569 g/mol. The smallest absolute Gasteiger partial charge is 0.226 e. The Bertz CT molecular complexity index is 1300. The van der Waals surface area contributed by atoms with E-state index in [-0.39, 0.29) is 11.3 Å². The van der Waals surface area contributed by atoms with Crippen molar-refractivity contribution < 1.29 is 23.1 Å². The number of nitriles is 1. The molecule has 4 N–H and O–H groups in total. The van der Waals surface area contributed by atoms with Gasteiger partial charge >= 0.3 is 0 Å². The zero-order chi connectivity index (χ0) is 28.2. The lowest BCUT2D eigenvalue weighted by Crippen LogP contribution is -2.50. The Labute approximate surface area is 237 Å². The van der Waals surface area contributed by atoms with Crippen LogP contribution >= 0.6 is 10.6 Å². The monoisotopic (exact) mass is 568 g/mol. The first-order valence-electron chi connectivity index (χ1n) is 14.5. The van der Waals surface area contributed by atoms with Crippen LogP contribution in [-0.4, -0.2) is 57.8 Å². The maximum atomic E-state index is 13.3. The molecule has 2 saturated heterocycles. The molecule has 2 unspecified atom stereocenters. The lowest BCUT2D eigenvalue weighted by atomic mass is 9.56. The fraction of sp³-hybridized carbons (Fsp3) is 0.633. The van der Waals surface area contributed by atoms with Crippen molar-refractivity contribution in [1.29, 1.82) is 5.26 Å². The van der Waals surface area contributed by atoms with E-state index in [4.69, 9.17) is 19.9 Å². The number of rotatable bonds is 6. The number of hydrogen-bond acceptors (Lipinski definition) is 8. The summed E-state index contributed by atoms with van der Waals surface area (Å²) < 4.78 is 32.4. The highest BCUT2D eigenvalue weighted by Crippen LogP contribution is 2.68. The van der Waals surface area contributed by atoms with Gasteiger partial charge in [-0.2, -0.15) is 15.9 Å². The highest BCUT2D eigenvalue weighted by Gasteiger charge is 2.68. The van der Waals surface area contributed by atoms with Gasteiger partial charge in [-0.1, -0.05) is 31.9 Å². The van der Waals surface area contributed by atoms with Crippen LogP contribution < -0.4 is 10.6 Å². The topological polar surface area (TPSA) is 146 Å². The molecule has 1 aromatic heterocycles. The normalized spacial score (nSPS) is 29.8. The third-order valence-corrected chi connectivity index (χ3v) is 11.8. The second-order valence-electron chi connectivity index (χ2n) is 12.5. The quantitative estimate of drug-likeness (QED) is 0.419. The standard InChI is InChI=1S/C30H40N4O5S/c1-28(12-16-38-17-13-28)27-33-24(21-5-7-22(8-6-21)34-14-18-40(36,37)19-15-34)25(39-27)23-4-2-3-9-30(23,26(32)35)29(20-31)10-11-29/h5-8,23,36-37H,2-4,9-19H2,1H3,(H2,32,35). The fourth-order valence-corrected chi connectivity index (χ4v) is 8.53. The van der Waals surface area contributed by atoms with Gasteiger partial charge in [-0.3, -0.25) is 13.9 Å². The molecule has 3 heterocycles. The van der Waals surface area contributed by atoms with E-state index in [9.17, 15) is 19.2 Å². The number of oxazole rings is 1. The van der Waals surface area contributed by atoms with Gasteiger partial charge in [0.1, 0.15) is 11.5 Å². The number of nitrogens with two attached hydrogens (primary N) is 1. The van der Waals surface area contributed by atoms with Gasteiger partial charge in [0.05, 0.1) is 28.4 Å². The molecule has 2 saturated carbocycles. The molecule has 9 nitrogen and oxygen atoms in total. The highest BCUT2D eigenvalue weighted by molar-refractivity contribution is 8.24. The van der Waals surface area contributed by atoms with Gasteiger partial charge in [0.2, 0.25) is 11.8 Å². The third-order valence-electron chi connectivity index (χ3n) is 10.1. The molecule has 0 bridgehead atoms. The van der Waals surface area contributed by atoms with E-state index in [0.29, 0.717) is 68.7 Å². The number of aromatic nitrogens is 1. The van der Waals surface area contributed by atoms with E-state index < -0.39 is 27.3 Å². The predicted octanol–water partition coefficient (Wildman–Crippen LogP) is 5.41. The highest BCUT2D eigenvalue weighted by atomic mass is 32.3. The summed E-state index contributed by atoms with van der Waals surface area (Å²) in [6.07, 6.45) is 6.09. The molecule has 2 aromatic rings. The summed E-state index contributed by atoms with van der Waals surface area (Å²) in [6, 6.07) is 10.7. The zero-order valence-electron chi connectivity index (χ0n) is 23.2. The number of primary amides is 1. The largest absolute Gasteiger partial charge is 0.444 e. The summed E-state index contributed by atoms with van der Waals surface area (Å²) in [4.78, 5) is 20.6. The van der Waals surface area contributed by atoms with E-state index in [1.165, 1.54) is 0 Å². The Hall–Kier alpha value is -2.58. The van der Waals surface area contributed by atoms with Gasteiger partial charge in [-0.15, -0.1) is 0 Å². The molecular formula is C30H40N4O5S. The Morgan fingerprint density at radius 3 is 2.38 bits per heavy atom. The molecule has 1 aromatic carbocycles. The van der Waals surface area contributed by atoms with Crippen molar-refractivity contribution in [3.05, 3.63) is 35.9 Å². The molecule has 216 valence electrons.